The molecule has 3 nitrogen and oxygen atoms in total. The van der Waals surface area contributed by atoms with Gasteiger partial charge in [-0.25, -0.2) is 4.98 Å². The van der Waals surface area contributed by atoms with Crippen molar-refractivity contribution in [1.82, 2.24) is 9.97 Å². The molecule has 2 aromatic heterocycles. The van der Waals surface area contributed by atoms with E-state index < -0.39 is 0 Å². The number of rotatable bonds is 0. The van der Waals surface area contributed by atoms with Crippen LogP contribution >= 0.6 is 11.6 Å². The molecule has 0 fully saturated rings. The monoisotopic (exact) mass is 241 g/mol. The van der Waals surface area contributed by atoms with Gasteiger partial charge in [-0.3, -0.25) is 4.98 Å². The van der Waals surface area contributed by atoms with Crippen molar-refractivity contribution in [2.24, 2.45) is 5.92 Å². The molecular formula is C13H8ClN3. The van der Waals surface area contributed by atoms with E-state index in [1.54, 1.807) is 12.4 Å². The maximum absolute atomic E-state index is 8.92. The molecule has 82 valence electrons. The number of allylic oxidation sites excluding steroid dienone is 1. The molecule has 0 saturated carbocycles. The van der Waals surface area contributed by atoms with Gasteiger partial charge in [0.2, 0.25) is 0 Å². The summed E-state index contributed by atoms with van der Waals surface area (Å²) in [7, 11) is 0. The van der Waals surface area contributed by atoms with Crippen LogP contribution in [0.1, 0.15) is 11.3 Å². The van der Waals surface area contributed by atoms with Crippen LogP contribution in [0.3, 0.4) is 0 Å². The molecule has 0 saturated heterocycles. The van der Waals surface area contributed by atoms with Crippen molar-refractivity contribution in [2.75, 3.05) is 0 Å². The number of pyridine rings is 2. The lowest BCUT2D eigenvalue weighted by molar-refractivity contribution is 0.786. The van der Waals surface area contributed by atoms with Gasteiger partial charge in [0.25, 0.3) is 0 Å². The van der Waals surface area contributed by atoms with E-state index >= 15 is 0 Å². The maximum Gasteiger partial charge on any atom is 0.137 e. The minimum atomic E-state index is -0.111. The molecule has 0 aliphatic heterocycles. The first-order valence-electron chi connectivity index (χ1n) is 5.29. The third-order valence-electron chi connectivity index (χ3n) is 2.95. The average Bonchev–Trinajstić information content (AvgIpc) is 2.38. The summed E-state index contributed by atoms with van der Waals surface area (Å²) < 4.78 is 0. The van der Waals surface area contributed by atoms with Crippen LogP contribution in [0.15, 0.2) is 24.5 Å². The van der Waals surface area contributed by atoms with Crippen LogP contribution in [-0.4, -0.2) is 9.97 Å². The highest BCUT2D eigenvalue weighted by Crippen LogP contribution is 2.31. The number of hydrogen-bond acceptors (Lipinski definition) is 3. The highest BCUT2D eigenvalue weighted by atomic mass is 35.5. The number of hydrogen-bond donors (Lipinski definition) is 0. The Morgan fingerprint density at radius 2 is 2.29 bits per heavy atom. The van der Waals surface area contributed by atoms with Gasteiger partial charge in [-0.05, 0) is 6.07 Å². The van der Waals surface area contributed by atoms with Crippen molar-refractivity contribution >= 4 is 28.4 Å². The van der Waals surface area contributed by atoms with Gasteiger partial charge < -0.3 is 0 Å². The quantitative estimate of drug-likeness (QED) is 0.666. The van der Waals surface area contributed by atoms with Crippen LogP contribution in [0, 0.1) is 17.2 Å². The fourth-order valence-corrected chi connectivity index (χ4v) is 2.37. The van der Waals surface area contributed by atoms with E-state index in [1.165, 1.54) is 0 Å². The van der Waals surface area contributed by atoms with Crippen molar-refractivity contribution in [3.8, 4) is 6.07 Å². The summed E-state index contributed by atoms with van der Waals surface area (Å²) in [6.45, 7) is 0. The molecule has 2 heterocycles. The minimum absolute atomic E-state index is 0.111. The Morgan fingerprint density at radius 1 is 1.41 bits per heavy atom. The standard InChI is InChI=1S/C13H8ClN3/c14-13-10-3-4-16-7-11(10)9-2-1-8(6-15)5-12(9)17-13/h1-4,7-8H,5H2. The fraction of sp³-hybridized carbons (Fsp3) is 0.154. The number of nitriles is 1. The second-order valence-corrected chi connectivity index (χ2v) is 4.34. The zero-order valence-electron chi connectivity index (χ0n) is 8.89. The van der Waals surface area contributed by atoms with Crippen molar-refractivity contribution in [2.45, 2.75) is 6.42 Å². The first kappa shape index (κ1) is 10.2. The van der Waals surface area contributed by atoms with Gasteiger partial charge in [-0.15, -0.1) is 0 Å². The molecule has 4 heteroatoms. The molecule has 17 heavy (non-hydrogen) atoms. The molecule has 1 aliphatic carbocycles. The average molecular weight is 242 g/mol. The number of nitrogens with zero attached hydrogens (tertiary/aromatic N) is 3. The molecule has 3 rings (SSSR count). The summed E-state index contributed by atoms with van der Waals surface area (Å²) in [5, 5.41) is 11.3. The Morgan fingerprint density at radius 3 is 3.12 bits per heavy atom. The van der Waals surface area contributed by atoms with Crippen LogP contribution in [0.25, 0.3) is 16.8 Å². The Bertz CT molecular complexity index is 670. The smallest absolute Gasteiger partial charge is 0.137 e. The Hall–Kier alpha value is -1.92. The van der Waals surface area contributed by atoms with E-state index in [2.05, 4.69) is 16.0 Å². The van der Waals surface area contributed by atoms with Gasteiger partial charge in [0.05, 0.1) is 17.7 Å². The lowest BCUT2D eigenvalue weighted by Crippen LogP contribution is -2.08. The van der Waals surface area contributed by atoms with Crippen LogP contribution in [0.4, 0.5) is 0 Å². The van der Waals surface area contributed by atoms with E-state index in [9.17, 15) is 0 Å². The zero-order valence-corrected chi connectivity index (χ0v) is 9.65. The third kappa shape index (κ3) is 1.58. The van der Waals surface area contributed by atoms with Crippen molar-refractivity contribution < 1.29 is 0 Å². The predicted octanol–water partition coefficient (Wildman–Crippen LogP) is 2.99. The van der Waals surface area contributed by atoms with Gasteiger partial charge in [0, 0.05) is 35.2 Å². The highest BCUT2D eigenvalue weighted by molar-refractivity contribution is 6.34. The van der Waals surface area contributed by atoms with Crippen molar-refractivity contribution in [3.63, 3.8) is 0 Å². The summed E-state index contributed by atoms with van der Waals surface area (Å²) in [6.07, 6.45) is 7.96. The van der Waals surface area contributed by atoms with Gasteiger partial charge >= 0.3 is 0 Å². The zero-order chi connectivity index (χ0) is 11.8. The fourth-order valence-electron chi connectivity index (χ4n) is 2.10. The third-order valence-corrected chi connectivity index (χ3v) is 3.24. The lowest BCUT2D eigenvalue weighted by atomic mass is 9.92. The maximum atomic E-state index is 8.92. The minimum Gasteiger partial charge on any atom is -0.264 e. The van der Waals surface area contributed by atoms with E-state index in [4.69, 9.17) is 16.9 Å². The predicted molar refractivity (Wildman–Crippen MR) is 66.4 cm³/mol. The molecule has 2 aromatic rings. The van der Waals surface area contributed by atoms with Gasteiger partial charge in [0.15, 0.2) is 0 Å². The highest BCUT2D eigenvalue weighted by Gasteiger charge is 2.18. The molecule has 0 radical (unpaired) electrons. The summed E-state index contributed by atoms with van der Waals surface area (Å²) in [5.74, 6) is -0.111. The number of halogens is 1. The lowest BCUT2D eigenvalue weighted by Gasteiger charge is -2.15. The van der Waals surface area contributed by atoms with E-state index in [0.717, 1.165) is 22.0 Å². The molecule has 1 atom stereocenters. The number of aromatic nitrogens is 2. The summed E-state index contributed by atoms with van der Waals surface area (Å²) in [6, 6.07) is 4.08. The van der Waals surface area contributed by atoms with E-state index in [-0.39, 0.29) is 5.92 Å². The topological polar surface area (TPSA) is 49.6 Å². The van der Waals surface area contributed by atoms with E-state index in [1.807, 2.05) is 18.2 Å². The SMILES string of the molecule is N#CC1C=Cc2c(nc(Cl)c3ccncc23)C1. The van der Waals surface area contributed by atoms with Gasteiger partial charge in [0.1, 0.15) is 5.15 Å². The first-order chi connectivity index (χ1) is 8.29. The van der Waals surface area contributed by atoms with Gasteiger partial charge in [-0.1, -0.05) is 23.8 Å². The van der Waals surface area contributed by atoms with Crippen molar-refractivity contribution in [1.29, 1.82) is 5.26 Å². The largest absolute Gasteiger partial charge is 0.264 e. The molecule has 0 N–H and O–H groups in total. The van der Waals surface area contributed by atoms with Crippen LogP contribution < -0.4 is 0 Å². The normalized spacial score (nSPS) is 17.8. The first-order valence-corrected chi connectivity index (χ1v) is 5.67. The van der Waals surface area contributed by atoms with Crippen molar-refractivity contribution in [3.05, 3.63) is 40.9 Å². The Balaban J connectivity index is 2.32. The molecule has 0 aromatic carbocycles. The van der Waals surface area contributed by atoms with Crippen LogP contribution in [-0.2, 0) is 6.42 Å². The Kier molecular flexibility index (Phi) is 2.31. The molecule has 1 aliphatic rings. The second-order valence-electron chi connectivity index (χ2n) is 3.98. The molecular weight excluding hydrogens is 234 g/mol. The van der Waals surface area contributed by atoms with Crippen LogP contribution in [0.2, 0.25) is 5.15 Å². The summed E-state index contributed by atoms with van der Waals surface area (Å²) >= 11 is 6.14. The van der Waals surface area contributed by atoms with Crippen LogP contribution in [0.5, 0.6) is 0 Å². The molecule has 0 amide bonds. The molecule has 0 spiro atoms. The summed E-state index contributed by atoms with van der Waals surface area (Å²) in [5.41, 5.74) is 1.91. The molecule has 0 bridgehead atoms. The van der Waals surface area contributed by atoms with Gasteiger partial charge in [-0.2, -0.15) is 5.26 Å². The molecule has 1 unspecified atom stereocenters. The summed E-state index contributed by atoms with van der Waals surface area (Å²) in [4.78, 5) is 8.49. The Labute approximate surface area is 103 Å². The second kappa shape index (κ2) is 3.83. The van der Waals surface area contributed by atoms with E-state index in [0.29, 0.717) is 11.6 Å². The number of fused-ring (bicyclic) bond motifs is 3.